The highest BCUT2D eigenvalue weighted by atomic mass is 19.4. The van der Waals surface area contributed by atoms with E-state index in [1.165, 1.54) is 12.1 Å². The van der Waals surface area contributed by atoms with Crippen LogP contribution in [0.15, 0.2) is 35.3 Å². The van der Waals surface area contributed by atoms with E-state index < -0.39 is 17.8 Å². The molecule has 0 unspecified atom stereocenters. The normalized spacial score (nSPS) is 13.3. The number of benzene rings is 1. The molecular formula is C17H16F3N5O2. The van der Waals surface area contributed by atoms with E-state index in [4.69, 9.17) is 10.5 Å². The summed E-state index contributed by atoms with van der Waals surface area (Å²) < 4.78 is 42.8. The van der Waals surface area contributed by atoms with Crippen LogP contribution in [0.2, 0.25) is 0 Å². The van der Waals surface area contributed by atoms with Crippen molar-refractivity contribution >= 4 is 34.8 Å². The van der Waals surface area contributed by atoms with Crippen molar-refractivity contribution in [2.24, 2.45) is 4.99 Å². The summed E-state index contributed by atoms with van der Waals surface area (Å²) in [5.41, 5.74) is 7.14. The van der Waals surface area contributed by atoms with Gasteiger partial charge >= 0.3 is 12.3 Å². The van der Waals surface area contributed by atoms with Crippen molar-refractivity contribution in [2.45, 2.75) is 13.1 Å². The molecular weight excluding hydrogens is 363 g/mol. The molecule has 10 heteroatoms. The smallest absolute Gasteiger partial charge is 0.416 e. The van der Waals surface area contributed by atoms with E-state index >= 15 is 0 Å². The number of carbonyl (C=O) groups excluding carboxylic acids is 1. The Morgan fingerprint density at radius 1 is 1.33 bits per heavy atom. The third-order valence-corrected chi connectivity index (χ3v) is 3.76. The number of hydrogen-bond acceptors (Lipinski definition) is 6. The van der Waals surface area contributed by atoms with E-state index in [9.17, 15) is 18.0 Å². The lowest BCUT2D eigenvalue weighted by atomic mass is 10.1. The Labute approximate surface area is 152 Å². The number of alkyl halides is 3. The van der Waals surface area contributed by atoms with Gasteiger partial charge in [-0.2, -0.15) is 13.2 Å². The minimum Gasteiger partial charge on any atom is -0.450 e. The maximum absolute atomic E-state index is 12.7. The van der Waals surface area contributed by atoms with Gasteiger partial charge in [-0.3, -0.25) is 5.32 Å². The fraction of sp³-hybridized carbons (Fsp3) is 0.235. The Morgan fingerprint density at radius 3 is 2.67 bits per heavy atom. The standard InChI is InChI=1S/C17H16F3N5O2/c1-2-27-16(26)25-13-7-11-14(15(21)24-13)23-12(8-22-11)9-3-5-10(6-4-9)17(18,19)20/h3-7,22H,2,8H2,1H3,(H3,21,24,25,26). The molecule has 0 atom stereocenters. The molecule has 0 fully saturated rings. The molecule has 0 saturated heterocycles. The van der Waals surface area contributed by atoms with Gasteiger partial charge in [0.25, 0.3) is 0 Å². The van der Waals surface area contributed by atoms with Crippen molar-refractivity contribution in [3.8, 4) is 0 Å². The summed E-state index contributed by atoms with van der Waals surface area (Å²) in [7, 11) is 0. The lowest BCUT2D eigenvalue weighted by Gasteiger charge is -2.20. The summed E-state index contributed by atoms with van der Waals surface area (Å²) >= 11 is 0. The molecule has 2 heterocycles. The summed E-state index contributed by atoms with van der Waals surface area (Å²) in [6, 6.07) is 6.27. The molecule has 0 saturated carbocycles. The van der Waals surface area contributed by atoms with Crippen LogP contribution in [0.3, 0.4) is 0 Å². The molecule has 0 radical (unpaired) electrons. The van der Waals surface area contributed by atoms with Gasteiger partial charge in [0.1, 0.15) is 11.5 Å². The van der Waals surface area contributed by atoms with Crippen LogP contribution in [0.1, 0.15) is 18.1 Å². The Kier molecular flexibility index (Phi) is 4.89. The summed E-state index contributed by atoms with van der Waals surface area (Å²) in [5.74, 6) is 0.265. The van der Waals surface area contributed by atoms with E-state index in [0.717, 1.165) is 12.1 Å². The molecule has 0 aliphatic carbocycles. The molecule has 27 heavy (non-hydrogen) atoms. The summed E-state index contributed by atoms with van der Waals surface area (Å²) in [6.45, 7) is 2.17. The van der Waals surface area contributed by atoms with Crippen LogP contribution in [0, 0.1) is 0 Å². The molecule has 3 rings (SSSR count). The lowest BCUT2D eigenvalue weighted by Crippen LogP contribution is -2.21. The zero-order valence-electron chi connectivity index (χ0n) is 14.2. The minimum absolute atomic E-state index is 0.0657. The molecule has 0 bridgehead atoms. The van der Waals surface area contributed by atoms with Crippen molar-refractivity contribution in [2.75, 3.05) is 29.5 Å². The fourth-order valence-electron chi connectivity index (χ4n) is 2.52. The number of fused-ring (bicyclic) bond motifs is 1. The van der Waals surface area contributed by atoms with Gasteiger partial charge in [0.05, 0.1) is 30.1 Å². The first-order valence-corrected chi connectivity index (χ1v) is 8.01. The first-order chi connectivity index (χ1) is 12.8. The quantitative estimate of drug-likeness (QED) is 0.753. The maximum Gasteiger partial charge on any atom is 0.416 e. The van der Waals surface area contributed by atoms with Crippen LogP contribution in [0.25, 0.3) is 0 Å². The van der Waals surface area contributed by atoms with E-state index in [0.29, 0.717) is 22.6 Å². The average molecular weight is 379 g/mol. The number of pyridine rings is 1. The van der Waals surface area contributed by atoms with E-state index in [1.807, 2.05) is 0 Å². The second kappa shape index (κ2) is 7.14. The highest BCUT2D eigenvalue weighted by Crippen LogP contribution is 2.36. The van der Waals surface area contributed by atoms with Gasteiger partial charge in [-0.25, -0.2) is 14.8 Å². The molecule has 7 nitrogen and oxygen atoms in total. The van der Waals surface area contributed by atoms with Gasteiger partial charge in [-0.1, -0.05) is 12.1 Å². The van der Waals surface area contributed by atoms with Gasteiger partial charge in [0.15, 0.2) is 5.82 Å². The third-order valence-electron chi connectivity index (χ3n) is 3.76. The number of ether oxygens (including phenoxy) is 1. The highest BCUT2D eigenvalue weighted by molar-refractivity contribution is 6.08. The molecule has 1 aliphatic heterocycles. The number of carbonyl (C=O) groups is 1. The predicted molar refractivity (Wildman–Crippen MR) is 95.4 cm³/mol. The molecule has 2 aromatic rings. The van der Waals surface area contributed by atoms with Crippen molar-refractivity contribution < 1.29 is 22.7 Å². The topological polar surface area (TPSA) is 102 Å². The Bertz CT molecular complexity index is 895. The number of rotatable bonds is 3. The van der Waals surface area contributed by atoms with Gasteiger partial charge in [0.2, 0.25) is 0 Å². The van der Waals surface area contributed by atoms with Gasteiger partial charge in [0, 0.05) is 6.07 Å². The van der Waals surface area contributed by atoms with Crippen LogP contribution < -0.4 is 16.4 Å². The molecule has 1 aromatic carbocycles. The summed E-state index contributed by atoms with van der Waals surface area (Å²) in [4.78, 5) is 19.9. The fourth-order valence-corrected chi connectivity index (χ4v) is 2.52. The van der Waals surface area contributed by atoms with Crippen molar-refractivity contribution in [3.05, 3.63) is 41.5 Å². The lowest BCUT2D eigenvalue weighted by molar-refractivity contribution is -0.137. The Balaban J connectivity index is 1.86. The number of aromatic nitrogens is 1. The third kappa shape index (κ3) is 4.10. The predicted octanol–water partition coefficient (Wildman–Crippen LogP) is 3.80. The van der Waals surface area contributed by atoms with Crippen LogP contribution >= 0.6 is 0 Å². The number of anilines is 3. The molecule has 4 N–H and O–H groups in total. The van der Waals surface area contributed by atoms with Crippen molar-refractivity contribution in [3.63, 3.8) is 0 Å². The second-order valence-corrected chi connectivity index (χ2v) is 5.62. The molecule has 1 aliphatic rings. The van der Waals surface area contributed by atoms with Crippen molar-refractivity contribution in [1.82, 2.24) is 4.98 Å². The van der Waals surface area contributed by atoms with Crippen LogP contribution in [0.5, 0.6) is 0 Å². The largest absolute Gasteiger partial charge is 0.450 e. The highest BCUT2D eigenvalue weighted by Gasteiger charge is 2.30. The monoisotopic (exact) mass is 379 g/mol. The molecule has 142 valence electrons. The number of nitrogens with two attached hydrogens (primary N) is 1. The number of nitrogens with one attached hydrogen (secondary N) is 2. The molecule has 1 aromatic heterocycles. The average Bonchev–Trinajstić information content (AvgIpc) is 2.61. The summed E-state index contributed by atoms with van der Waals surface area (Å²) in [5, 5.41) is 5.53. The SMILES string of the molecule is CCOC(=O)Nc1cc2c(c(N)n1)N=C(c1ccc(C(F)(F)F)cc1)CN2. The number of halogens is 3. The van der Waals surface area contributed by atoms with E-state index in [-0.39, 0.29) is 24.8 Å². The van der Waals surface area contributed by atoms with Gasteiger partial charge in [-0.05, 0) is 24.6 Å². The summed E-state index contributed by atoms with van der Waals surface area (Å²) in [6.07, 6.45) is -5.05. The molecule has 0 spiro atoms. The Morgan fingerprint density at radius 2 is 2.04 bits per heavy atom. The van der Waals surface area contributed by atoms with Gasteiger partial charge in [-0.15, -0.1) is 0 Å². The zero-order chi connectivity index (χ0) is 19.6. The number of aliphatic imine (C=N–C) groups is 1. The maximum atomic E-state index is 12.7. The van der Waals surface area contributed by atoms with E-state index in [1.54, 1.807) is 13.0 Å². The number of nitrogen functional groups attached to an aromatic ring is 1. The van der Waals surface area contributed by atoms with Crippen LogP contribution in [-0.4, -0.2) is 29.9 Å². The number of hydrogen-bond donors (Lipinski definition) is 3. The van der Waals surface area contributed by atoms with Crippen molar-refractivity contribution in [1.29, 1.82) is 0 Å². The van der Waals surface area contributed by atoms with E-state index in [2.05, 4.69) is 20.6 Å². The zero-order valence-corrected chi connectivity index (χ0v) is 14.2. The van der Waals surface area contributed by atoms with Crippen LogP contribution in [0.4, 0.5) is 41.0 Å². The minimum atomic E-state index is -4.39. The first kappa shape index (κ1) is 18.5. The van der Waals surface area contributed by atoms with Crippen LogP contribution in [-0.2, 0) is 10.9 Å². The molecule has 1 amide bonds. The Hall–Kier alpha value is -3.30. The number of nitrogens with zero attached hydrogens (tertiary/aromatic N) is 2. The number of amides is 1. The first-order valence-electron chi connectivity index (χ1n) is 8.01. The van der Waals surface area contributed by atoms with Gasteiger partial charge < -0.3 is 15.8 Å². The second-order valence-electron chi connectivity index (χ2n) is 5.62.